The summed E-state index contributed by atoms with van der Waals surface area (Å²) in [4.78, 5) is 0. The van der Waals surface area contributed by atoms with Crippen molar-refractivity contribution in [2.75, 3.05) is 0 Å². The Labute approximate surface area is 98.6 Å². The molecule has 1 fully saturated rings. The molecule has 0 radical (unpaired) electrons. The van der Waals surface area contributed by atoms with Gasteiger partial charge in [-0.05, 0) is 37.5 Å². The largest absolute Gasteiger partial charge is 0.508 e. The zero-order valence-electron chi connectivity index (χ0n) is 8.89. The van der Waals surface area contributed by atoms with Gasteiger partial charge in [-0.1, -0.05) is 28.8 Å². The second kappa shape index (κ2) is 3.80. The molecule has 0 atom stereocenters. The van der Waals surface area contributed by atoms with Crippen molar-refractivity contribution in [3.05, 3.63) is 27.7 Å². The molecular formula is C12H16BrNO. The summed E-state index contributed by atoms with van der Waals surface area (Å²) in [7, 11) is 0. The van der Waals surface area contributed by atoms with Gasteiger partial charge in [-0.15, -0.1) is 0 Å². The zero-order chi connectivity index (χ0) is 11.1. The Morgan fingerprint density at radius 1 is 1.33 bits per heavy atom. The normalized spacial score (nSPS) is 19.4. The maximum absolute atomic E-state index is 9.94. The summed E-state index contributed by atoms with van der Waals surface area (Å²) in [5.41, 5.74) is 7.93. The fourth-order valence-electron chi connectivity index (χ4n) is 2.34. The van der Waals surface area contributed by atoms with E-state index in [9.17, 15) is 5.11 Å². The number of phenols is 1. The Bertz CT molecular complexity index is 383. The molecule has 1 aliphatic rings. The topological polar surface area (TPSA) is 46.2 Å². The van der Waals surface area contributed by atoms with Gasteiger partial charge in [-0.3, -0.25) is 0 Å². The van der Waals surface area contributed by atoms with Crippen LogP contribution in [-0.2, 0) is 5.54 Å². The van der Waals surface area contributed by atoms with Crippen LogP contribution in [0.2, 0.25) is 0 Å². The molecule has 0 aliphatic heterocycles. The first-order chi connectivity index (χ1) is 7.03. The van der Waals surface area contributed by atoms with Crippen molar-refractivity contribution in [3.8, 4) is 5.75 Å². The Balaban J connectivity index is 2.48. The second-order valence-corrected chi connectivity index (χ2v) is 5.34. The molecule has 15 heavy (non-hydrogen) atoms. The van der Waals surface area contributed by atoms with Crippen molar-refractivity contribution in [2.45, 2.75) is 38.1 Å². The van der Waals surface area contributed by atoms with Crippen LogP contribution in [0.5, 0.6) is 5.75 Å². The highest BCUT2D eigenvalue weighted by Gasteiger charge is 2.33. The lowest BCUT2D eigenvalue weighted by Gasteiger charge is -2.25. The van der Waals surface area contributed by atoms with Crippen LogP contribution >= 0.6 is 15.9 Å². The van der Waals surface area contributed by atoms with E-state index < -0.39 is 0 Å². The molecule has 0 bridgehead atoms. The third-order valence-corrected chi connectivity index (χ3v) is 4.16. The third kappa shape index (κ3) is 1.91. The first kappa shape index (κ1) is 11.0. The highest BCUT2D eigenvalue weighted by molar-refractivity contribution is 9.10. The summed E-state index contributed by atoms with van der Waals surface area (Å²) in [5.74, 6) is 0.333. The minimum atomic E-state index is -0.319. The minimum absolute atomic E-state index is 0.319. The summed E-state index contributed by atoms with van der Waals surface area (Å²) in [6.07, 6.45) is 4.25. The van der Waals surface area contributed by atoms with Crippen LogP contribution in [0, 0.1) is 6.92 Å². The van der Waals surface area contributed by atoms with Crippen LogP contribution < -0.4 is 5.73 Å². The number of halogens is 1. The standard InChI is InChI=1S/C12H16BrNO/c1-8-6-11(15)9(7-10(8)13)12(14)4-2-3-5-12/h6-7,15H,2-5,14H2,1H3. The van der Waals surface area contributed by atoms with Gasteiger partial charge in [-0.2, -0.15) is 0 Å². The molecular weight excluding hydrogens is 254 g/mol. The highest BCUT2D eigenvalue weighted by Crippen LogP contribution is 2.41. The van der Waals surface area contributed by atoms with Gasteiger partial charge in [0.25, 0.3) is 0 Å². The number of aryl methyl sites for hydroxylation is 1. The maximum atomic E-state index is 9.94. The minimum Gasteiger partial charge on any atom is -0.508 e. The lowest BCUT2D eigenvalue weighted by molar-refractivity contribution is 0.409. The predicted octanol–water partition coefficient (Wildman–Crippen LogP) is 3.19. The van der Waals surface area contributed by atoms with E-state index in [1.165, 1.54) is 0 Å². The van der Waals surface area contributed by atoms with Crippen molar-refractivity contribution in [2.24, 2.45) is 5.73 Å². The lowest BCUT2D eigenvalue weighted by Crippen LogP contribution is -2.33. The van der Waals surface area contributed by atoms with Crippen LogP contribution in [0.1, 0.15) is 36.8 Å². The zero-order valence-corrected chi connectivity index (χ0v) is 10.5. The van der Waals surface area contributed by atoms with E-state index in [-0.39, 0.29) is 5.54 Å². The second-order valence-electron chi connectivity index (χ2n) is 4.48. The van der Waals surface area contributed by atoms with Crippen LogP contribution in [0.4, 0.5) is 0 Å². The van der Waals surface area contributed by atoms with Crippen LogP contribution in [0.3, 0.4) is 0 Å². The van der Waals surface area contributed by atoms with E-state index >= 15 is 0 Å². The SMILES string of the molecule is Cc1cc(O)c(C2(N)CCCC2)cc1Br. The Morgan fingerprint density at radius 2 is 1.93 bits per heavy atom. The van der Waals surface area contributed by atoms with Gasteiger partial charge in [0.2, 0.25) is 0 Å². The van der Waals surface area contributed by atoms with Crippen molar-refractivity contribution >= 4 is 15.9 Å². The number of hydrogen-bond donors (Lipinski definition) is 2. The molecule has 2 nitrogen and oxygen atoms in total. The molecule has 0 spiro atoms. The van der Waals surface area contributed by atoms with E-state index in [1.54, 1.807) is 6.07 Å². The molecule has 3 N–H and O–H groups in total. The Morgan fingerprint density at radius 3 is 2.53 bits per heavy atom. The molecule has 0 heterocycles. The third-order valence-electron chi connectivity index (χ3n) is 3.31. The molecule has 1 aliphatic carbocycles. The molecule has 0 unspecified atom stereocenters. The first-order valence-electron chi connectivity index (χ1n) is 5.31. The molecule has 0 aromatic heterocycles. The van der Waals surface area contributed by atoms with Crippen molar-refractivity contribution in [1.29, 1.82) is 0 Å². The molecule has 82 valence electrons. The highest BCUT2D eigenvalue weighted by atomic mass is 79.9. The Hall–Kier alpha value is -0.540. The van der Waals surface area contributed by atoms with Crippen molar-refractivity contribution in [1.82, 2.24) is 0 Å². The number of aromatic hydroxyl groups is 1. The number of rotatable bonds is 1. The van der Waals surface area contributed by atoms with Gasteiger partial charge in [0, 0.05) is 15.6 Å². The fourth-order valence-corrected chi connectivity index (χ4v) is 2.68. The quantitative estimate of drug-likeness (QED) is 0.823. The number of phenolic OH excluding ortho intramolecular Hbond substituents is 1. The number of nitrogens with two attached hydrogens (primary N) is 1. The molecule has 1 saturated carbocycles. The molecule has 3 heteroatoms. The summed E-state index contributed by atoms with van der Waals surface area (Å²) in [5, 5.41) is 9.94. The van der Waals surface area contributed by atoms with Gasteiger partial charge in [0.05, 0.1) is 0 Å². The number of benzene rings is 1. The lowest BCUT2D eigenvalue weighted by atomic mass is 9.88. The summed E-state index contributed by atoms with van der Waals surface area (Å²) in [6, 6.07) is 3.75. The van der Waals surface area contributed by atoms with Gasteiger partial charge < -0.3 is 10.8 Å². The molecule has 2 rings (SSSR count). The monoisotopic (exact) mass is 269 g/mol. The summed E-state index contributed by atoms with van der Waals surface area (Å²) >= 11 is 3.48. The molecule has 0 saturated heterocycles. The van der Waals surface area contributed by atoms with Gasteiger partial charge in [0.1, 0.15) is 5.75 Å². The fraction of sp³-hybridized carbons (Fsp3) is 0.500. The van der Waals surface area contributed by atoms with Gasteiger partial charge >= 0.3 is 0 Å². The van der Waals surface area contributed by atoms with Crippen molar-refractivity contribution in [3.63, 3.8) is 0 Å². The summed E-state index contributed by atoms with van der Waals surface area (Å²) < 4.78 is 1.02. The van der Waals surface area contributed by atoms with E-state index in [4.69, 9.17) is 5.73 Å². The molecule has 0 amide bonds. The van der Waals surface area contributed by atoms with Crippen LogP contribution in [0.15, 0.2) is 16.6 Å². The Kier molecular flexibility index (Phi) is 2.77. The van der Waals surface area contributed by atoms with E-state index in [1.807, 2.05) is 13.0 Å². The molecule has 1 aromatic carbocycles. The van der Waals surface area contributed by atoms with Crippen molar-refractivity contribution < 1.29 is 5.11 Å². The average Bonchev–Trinajstić information content (AvgIpc) is 2.60. The van der Waals surface area contributed by atoms with Gasteiger partial charge in [0.15, 0.2) is 0 Å². The molecule has 1 aromatic rings. The van der Waals surface area contributed by atoms with E-state index in [0.717, 1.165) is 41.3 Å². The van der Waals surface area contributed by atoms with Crippen LogP contribution in [0.25, 0.3) is 0 Å². The first-order valence-corrected chi connectivity index (χ1v) is 6.11. The van der Waals surface area contributed by atoms with E-state index in [2.05, 4.69) is 15.9 Å². The predicted molar refractivity (Wildman–Crippen MR) is 64.9 cm³/mol. The van der Waals surface area contributed by atoms with Crippen LogP contribution in [-0.4, -0.2) is 5.11 Å². The van der Waals surface area contributed by atoms with E-state index in [0.29, 0.717) is 5.75 Å². The number of hydrogen-bond acceptors (Lipinski definition) is 2. The average molecular weight is 270 g/mol. The maximum Gasteiger partial charge on any atom is 0.120 e. The smallest absolute Gasteiger partial charge is 0.120 e. The summed E-state index contributed by atoms with van der Waals surface area (Å²) in [6.45, 7) is 1.96. The van der Waals surface area contributed by atoms with Gasteiger partial charge in [-0.25, -0.2) is 0 Å².